The minimum absolute atomic E-state index is 0.136. The monoisotopic (exact) mass is 420 g/mol. The van der Waals surface area contributed by atoms with E-state index in [1.807, 2.05) is 0 Å². The third-order valence-corrected chi connectivity index (χ3v) is 13.3. The van der Waals surface area contributed by atoms with Crippen LogP contribution in [0.5, 0.6) is 0 Å². The fourth-order valence-electron chi connectivity index (χ4n) is 3.87. The van der Waals surface area contributed by atoms with Crippen LogP contribution in [0.3, 0.4) is 0 Å². The Morgan fingerprint density at radius 2 is 1.61 bits per heavy atom. The van der Waals surface area contributed by atoms with Crippen molar-refractivity contribution < 1.29 is 13.9 Å². The first-order chi connectivity index (χ1) is 12.8. The van der Waals surface area contributed by atoms with Crippen LogP contribution >= 0.6 is 0 Å². The van der Waals surface area contributed by atoms with Crippen LogP contribution in [0.4, 0.5) is 0 Å². The van der Waals surface area contributed by atoms with E-state index in [1.54, 1.807) is 0 Å². The number of benzene rings is 1. The van der Waals surface area contributed by atoms with Gasteiger partial charge in [0.05, 0.1) is 8.07 Å². The third kappa shape index (κ3) is 4.64. The number of hydrogen-bond donors (Lipinski definition) is 0. The van der Waals surface area contributed by atoms with E-state index in [0.29, 0.717) is 0 Å². The number of rotatable bonds is 4. The molecule has 3 nitrogen and oxygen atoms in total. The van der Waals surface area contributed by atoms with Gasteiger partial charge in [0.2, 0.25) is 0 Å². The van der Waals surface area contributed by atoms with E-state index >= 15 is 0 Å². The SMILES string of the molecule is CC(C)(C)[Si](C)(C)O[C@H]1OC2(CCCCC2)O[C@@H]1c1cccc([Si](C)(C)C)c1. The number of hydrogen-bond acceptors (Lipinski definition) is 3. The van der Waals surface area contributed by atoms with Crippen molar-refractivity contribution in [3.63, 3.8) is 0 Å². The molecule has 1 aliphatic heterocycles. The lowest BCUT2D eigenvalue weighted by Gasteiger charge is -2.39. The Hall–Kier alpha value is -0.466. The number of ether oxygens (including phenoxy) is 2. The van der Waals surface area contributed by atoms with Gasteiger partial charge in [-0.2, -0.15) is 0 Å². The maximum atomic E-state index is 6.79. The zero-order valence-corrected chi connectivity index (χ0v) is 21.2. The van der Waals surface area contributed by atoms with Crippen LogP contribution in [0.15, 0.2) is 24.3 Å². The molecule has 0 unspecified atom stereocenters. The molecule has 1 heterocycles. The van der Waals surface area contributed by atoms with E-state index in [4.69, 9.17) is 13.9 Å². The van der Waals surface area contributed by atoms with Crippen molar-refractivity contribution >= 4 is 21.6 Å². The Morgan fingerprint density at radius 3 is 2.18 bits per heavy atom. The zero-order valence-electron chi connectivity index (χ0n) is 19.2. The van der Waals surface area contributed by atoms with Gasteiger partial charge in [-0.25, -0.2) is 0 Å². The molecule has 5 heteroatoms. The van der Waals surface area contributed by atoms with Crippen LogP contribution in [-0.4, -0.2) is 28.5 Å². The van der Waals surface area contributed by atoms with Crippen LogP contribution in [-0.2, 0) is 13.9 Å². The summed E-state index contributed by atoms with van der Waals surface area (Å²) in [6.07, 6.45) is 5.14. The summed E-state index contributed by atoms with van der Waals surface area (Å²) in [6.45, 7) is 18.6. The maximum absolute atomic E-state index is 6.79. The molecule has 2 aliphatic rings. The summed E-state index contributed by atoms with van der Waals surface area (Å²) in [4.78, 5) is 0. The molecule has 0 bridgehead atoms. The average Bonchev–Trinajstić information content (AvgIpc) is 2.91. The Labute approximate surface area is 174 Å². The molecule has 0 amide bonds. The van der Waals surface area contributed by atoms with Gasteiger partial charge in [-0.1, -0.05) is 76.3 Å². The lowest BCUT2D eigenvalue weighted by atomic mass is 9.94. The maximum Gasteiger partial charge on any atom is 0.195 e. The van der Waals surface area contributed by atoms with E-state index in [2.05, 4.69) is 77.8 Å². The third-order valence-electron chi connectivity index (χ3n) is 6.83. The highest BCUT2D eigenvalue weighted by molar-refractivity contribution is 6.88. The quantitative estimate of drug-likeness (QED) is 0.533. The van der Waals surface area contributed by atoms with Crippen molar-refractivity contribution in [1.82, 2.24) is 0 Å². The van der Waals surface area contributed by atoms with E-state index in [9.17, 15) is 0 Å². The molecule has 1 aromatic rings. The van der Waals surface area contributed by atoms with Crippen LogP contribution in [0, 0.1) is 0 Å². The van der Waals surface area contributed by atoms with Gasteiger partial charge in [0.1, 0.15) is 6.10 Å². The molecule has 1 aliphatic carbocycles. The Morgan fingerprint density at radius 1 is 0.964 bits per heavy atom. The molecule has 0 aromatic heterocycles. The summed E-state index contributed by atoms with van der Waals surface area (Å²) in [5.41, 5.74) is 1.21. The second-order valence-corrected chi connectivity index (χ2v) is 21.1. The van der Waals surface area contributed by atoms with Crippen molar-refractivity contribution in [3.8, 4) is 0 Å². The minimum Gasteiger partial charge on any atom is -0.390 e. The second-order valence-electron chi connectivity index (χ2n) is 11.2. The molecule has 2 atom stereocenters. The molecule has 2 fully saturated rings. The van der Waals surface area contributed by atoms with E-state index in [-0.39, 0.29) is 17.4 Å². The van der Waals surface area contributed by atoms with Gasteiger partial charge in [0, 0.05) is 12.8 Å². The van der Waals surface area contributed by atoms with Gasteiger partial charge in [-0.15, -0.1) is 0 Å². The second kappa shape index (κ2) is 7.66. The lowest BCUT2D eigenvalue weighted by molar-refractivity contribution is -0.212. The molecular formula is C23H40O3Si2. The predicted molar refractivity (Wildman–Crippen MR) is 122 cm³/mol. The Kier molecular flexibility index (Phi) is 6.08. The topological polar surface area (TPSA) is 27.7 Å². The molecule has 0 N–H and O–H groups in total. The fourth-order valence-corrected chi connectivity index (χ4v) is 6.18. The fraction of sp³-hybridized carbons (Fsp3) is 0.739. The average molecular weight is 421 g/mol. The van der Waals surface area contributed by atoms with E-state index in [1.165, 1.54) is 30.0 Å². The van der Waals surface area contributed by atoms with Crippen LogP contribution in [0.25, 0.3) is 0 Å². The largest absolute Gasteiger partial charge is 0.390 e. The molecule has 28 heavy (non-hydrogen) atoms. The van der Waals surface area contributed by atoms with Crippen molar-refractivity contribution in [1.29, 1.82) is 0 Å². The first-order valence-electron chi connectivity index (χ1n) is 11.0. The predicted octanol–water partition coefficient (Wildman–Crippen LogP) is 6.33. The first kappa shape index (κ1) is 22.2. The van der Waals surface area contributed by atoms with Gasteiger partial charge in [-0.3, -0.25) is 0 Å². The molecule has 0 radical (unpaired) electrons. The first-order valence-corrected chi connectivity index (χ1v) is 17.4. The molecule has 1 spiro atoms. The normalized spacial score (nSPS) is 26.0. The standard InChI is InChI=1S/C23H40O3Si2/c1-22(2,3)28(7,8)26-21-20(24-23(25-21)15-10-9-11-16-23)18-13-12-14-19(17-18)27(4,5)6/h12-14,17,20-21H,9-11,15-16H2,1-8H3/t20-,21-/m1/s1. The van der Waals surface area contributed by atoms with Crippen molar-refractivity contribution in [2.24, 2.45) is 0 Å². The van der Waals surface area contributed by atoms with Crippen LogP contribution in [0.2, 0.25) is 37.8 Å². The summed E-state index contributed by atoms with van der Waals surface area (Å²) in [7, 11) is -3.36. The molecule has 3 rings (SSSR count). The Bertz CT molecular complexity index is 682. The highest BCUT2D eigenvalue weighted by Crippen LogP contribution is 2.48. The van der Waals surface area contributed by atoms with Crippen LogP contribution < -0.4 is 5.19 Å². The van der Waals surface area contributed by atoms with Gasteiger partial charge in [0.15, 0.2) is 20.4 Å². The van der Waals surface area contributed by atoms with Gasteiger partial charge in [-0.05, 0) is 36.5 Å². The van der Waals surface area contributed by atoms with Crippen molar-refractivity contribution in [2.75, 3.05) is 0 Å². The summed E-state index contributed by atoms with van der Waals surface area (Å²) >= 11 is 0. The highest BCUT2D eigenvalue weighted by atomic mass is 28.4. The summed E-state index contributed by atoms with van der Waals surface area (Å²) in [6, 6.07) is 9.00. The molecule has 158 valence electrons. The molecule has 1 saturated carbocycles. The molecule has 1 aromatic carbocycles. The van der Waals surface area contributed by atoms with Gasteiger partial charge < -0.3 is 13.9 Å². The lowest BCUT2D eigenvalue weighted by Crippen LogP contribution is -2.45. The zero-order chi connectivity index (χ0) is 20.8. The summed E-state index contributed by atoms with van der Waals surface area (Å²) in [5.74, 6) is -0.453. The summed E-state index contributed by atoms with van der Waals surface area (Å²) < 4.78 is 20.1. The summed E-state index contributed by atoms with van der Waals surface area (Å²) in [5, 5.41) is 1.60. The van der Waals surface area contributed by atoms with Crippen LogP contribution in [0.1, 0.15) is 64.5 Å². The van der Waals surface area contributed by atoms with E-state index < -0.39 is 22.2 Å². The highest BCUT2D eigenvalue weighted by Gasteiger charge is 2.52. The minimum atomic E-state index is -1.97. The Balaban J connectivity index is 1.93. The molecule has 1 saturated heterocycles. The van der Waals surface area contributed by atoms with Gasteiger partial charge >= 0.3 is 0 Å². The van der Waals surface area contributed by atoms with E-state index in [0.717, 1.165) is 12.8 Å². The van der Waals surface area contributed by atoms with Crippen molar-refractivity contribution in [2.45, 2.75) is 109 Å². The smallest absolute Gasteiger partial charge is 0.195 e. The molecular weight excluding hydrogens is 380 g/mol. The van der Waals surface area contributed by atoms with Crippen molar-refractivity contribution in [3.05, 3.63) is 29.8 Å². The van der Waals surface area contributed by atoms with Gasteiger partial charge in [0.25, 0.3) is 0 Å².